The molecular weight excluding hydrogens is 252 g/mol. The normalized spacial score (nSPS) is 18.6. The Bertz CT molecular complexity index is 241. The van der Waals surface area contributed by atoms with Crippen molar-refractivity contribution in [1.29, 1.82) is 0 Å². The van der Waals surface area contributed by atoms with Crippen molar-refractivity contribution in [2.24, 2.45) is 11.7 Å². The van der Waals surface area contributed by atoms with Crippen LogP contribution in [0.1, 0.15) is 40.0 Å². The van der Waals surface area contributed by atoms with Crippen LogP contribution in [0.15, 0.2) is 0 Å². The molecule has 4 nitrogen and oxygen atoms in total. The molecule has 0 aromatic heterocycles. The lowest BCUT2D eigenvalue weighted by Gasteiger charge is -2.32. The highest BCUT2D eigenvalue weighted by molar-refractivity contribution is 5.85. The Morgan fingerprint density at radius 3 is 2.39 bits per heavy atom. The molecule has 1 aliphatic heterocycles. The second-order valence-electron chi connectivity index (χ2n) is 5.36. The number of nitrogens with two attached hydrogens (primary N) is 1. The number of carbonyl (C=O) groups excluding carboxylic acids is 1. The summed E-state index contributed by atoms with van der Waals surface area (Å²) in [6, 6.07) is 0.260. The Morgan fingerprint density at radius 2 is 1.89 bits per heavy atom. The van der Waals surface area contributed by atoms with E-state index in [-0.39, 0.29) is 30.5 Å². The number of piperidine rings is 1. The van der Waals surface area contributed by atoms with Gasteiger partial charge in [0.2, 0.25) is 0 Å². The summed E-state index contributed by atoms with van der Waals surface area (Å²) in [5, 5.41) is 0. The summed E-state index contributed by atoms with van der Waals surface area (Å²) < 4.78 is 5.57. The van der Waals surface area contributed by atoms with Gasteiger partial charge in [-0.05, 0) is 32.1 Å². The SMILES string of the molecule is CC(C)CCOC(C)C(=O)N1CCC(N)CC1.Cl. The molecule has 0 aromatic carbocycles. The predicted molar refractivity (Wildman–Crippen MR) is 75.9 cm³/mol. The van der Waals surface area contributed by atoms with Crippen molar-refractivity contribution in [1.82, 2.24) is 4.90 Å². The van der Waals surface area contributed by atoms with Crippen LogP contribution in [0.5, 0.6) is 0 Å². The van der Waals surface area contributed by atoms with Gasteiger partial charge in [0.1, 0.15) is 6.10 Å². The lowest BCUT2D eigenvalue weighted by molar-refractivity contribution is -0.143. The molecule has 2 N–H and O–H groups in total. The van der Waals surface area contributed by atoms with Gasteiger partial charge in [-0.3, -0.25) is 4.79 Å². The molecule has 0 saturated carbocycles. The van der Waals surface area contributed by atoms with E-state index < -0.39 is 0 Å². The van der Waals surface area contributed by atoms with E-state index >= 15 is 0 Å². The van der Waals surface area contributed by atoms with Crippen LogP contribution in [-0.4, -0.2) is 42.6 Å². The first-order chi connectivity index (χ1) is 8.00. The monoisotopic (exact) mass is 278 g/mol. The van der Waals surface area contributed by atoms with E-state index in [0.717, 1.165) is 32.4 Å². The number of hydrogen-bond donors (Lipinski definition) is 1. The maximum Gasteiger partial charge on any atom is 0.251 e. The summed E-state index contributed by atoms with van der Waals surface area (Å²) in [6.07, 6.45) is 2.50. The van der Waals surface area contributed by atoms with Crippen LogP contribution in [0.25, 0.3) is 0 Å². The molecule has 0 bridgehead atoms. The third-order valence-corrected chi connectivity index (χ3v) is 3.26. The Kier molecular flexibility index (Phi) is 8.57. The second kappa shape index (κ2) is 8.73. The lowest BCUT2D eigenvalue weighted by atomic mass is 10.1. The van der Waals surface area contributed by atoms with Gasteiger partial charge in [-0.2, -0.15) is 0 Å². The molecule has 1 fully saturated rings. The quantitative estimate of drug-likeness (QED) is 0.834. The number of ether oxygens (including phenoxy) is 1. The van der Waals surface area contributed by atoms with E-state index in [1.807, 2.05) is 11.8 Å². The molecule has 0 aliphatic carbocycles. The predicted octanol–water partition coefficient (Wildman–Crippen LogP) is 1.81. The first-order valence-electron chi connectivity index (χ1n) is 6.66. The van der Waals surface area contributed by atoms with Crippen LogP contribution < -0.4 is 5.73 Å². The number of carbonyl (C=O) groups is 1. The largest absolute Gasteiger partial charge is 0.369 e. The van der Waals surface area contributed by atoms with Crippen LogP contribution >= 0.6 is 12.4 Å². The van der Waals surface area contributed by atoms with Gasteiger partial charge in [-0.15, -0.1) is 12.4 Å². The molecule has 0 spiro atoms. The Hall–Kier alpha value is -0.320. The average molecular weight is 279 g/mol. The first kappa shape index (κ1) is 17.7. The van der Waals surface area contributed by atoms with Gasteiger partial charge < -0.3 is 15.4 Å². The fraction of sp³-hybridized carbons (Fsp3) is 0.923. The summed E-state index contributed by atoms with van der Waals surface area (Å²) in [6.45, 7) is 8.37. The summed E-state index contributed by atoms with van der Waals surface area (Å²) >= 11 is 0. The van der Waals surface area contributed by atoms with Gasteiger partial charge >= 0.3 is 0 Å². The number of rotatable bonds is 5. The maximum absolute atomic E-state index is 12.0. The minimum absolute atomic E-state index is 0. The Morgan fingerprint density at radius 1 is 1.33 bits per heavy atom. The maximum atomic E-state index is 12.0. The third-order valence-electron chi connectivity index (χ3n) is 3.26. The number of amides is 1. The molecule has 108 valence electrons. The van der Waals surface area contributed by atoms with E-state index in [0.29, 0.717) is 12.5 Å². The molecule has 0 radical (unpaired) electrons. The molecule has 1 unspecified atom stereocenters. The van der Waals surface area contributed by atoms with Gasteiger partial charge in [0.25, 0.3) is 5.91 Å². The van der Waals surface area contributed by atoms with E-state index in [4.69, 9.17) is 10.5 Å². The Balaban J connectivity index is 0.00000289. The fourth-order valence-electron chi connectivity index (χ4n) is 1.93. The number of nitrogens with zero attached hydrogens (tertiary/aromatic N) is 1. The number of hydrogen-bond acceptors (Lipinski definition) is 3. The smallest absolute Gasteiger partial charge is 0.251 e. The van der Waals surface area contributed by atoms with E-state index in [1.165, 1.54) is 0 Å². The van der Waals surface area contributed by atoms with Crippen LogP contribution in [0.3, 0.4) is 0 Å². The van der Waals surface area contributed by atoms with Crippen molar-refractivity contribution in [3.63, 3.8) is 0 Å². The highest BCUT2D eigenvalue weighted by atomic mass is 35.5. The molecular formula is C13H27ClN2O2. The first-order valence-corrected chi connectivity index (χ1v) is 6.66. The second-order valence-corrected chi connectivity index (χ2v) is 5.36. The van der Waals surface area contributed by atoms with Crippen molar-refractivity contribution in [3.8, 4) is 0 Å². The standard InChI is InChI=1S/C13H26N2O2.ClH/c1-10(2)6-9-17-11(3)13(16)15-7-4-12(14)5-8-15;/h10-12H,4-9,14H2,1-3H3;1H. The number of halogens is 1. The topological polar surface area (TPSA) is 55.6 Å². The third kappa shape index (κ3) is 6.03. The minimum atomic E-state index is -0.317. The van der Waals surface area contributed by atoms with E-state index in [2.05, 4.69) is 13.8 Å². The van der Waals surface area contributed by atoms with Crippen LogP contribution in [0.2, 0.25) is 0 Å². The molecule has 0 aromatic rings. The van der Waals surface area contributed by atoms with Gasteiger partial charge in [-0.1, -0.05) is 13.8 Å². The molecule has 1 rings (SSSR count). The molecule has 1 heterocycles. The summed E-state index contributed by atoms with van der Waals surface area (Å²) in [5.74, 6) is 0.728. The van der Waals surface area contributed by atoms with Crippen LogP contribution in [0.4, 0.5) is 0 Å². The highest BCUT2D eigenvalue weighted by Crippen LogP contribution is 2.11. The molecule has 1 atom stereocenters. The molecule has 1 aliphatic rings. The summed E-state index contributed by atoms with van der Waals surface area (Å²) in [4.78, 5) is 13.9. The van der Waals surface area contributed by atoms with Gasteiger partial charge in [0.05, 0.1) is 0 Å². The highest BCUT2D eigenvalue weighted by Gasteiger charge is 2.24. The zero-order chi connectivity index (χ0) is 12.8. The van der Waals surface area contributed by atoms with E-state index in [1.54, 1.807) is 0 Å². The minimum Gasteiger partial charge on any atom is -0.369 e. The van der Waals surface area contributed by atoms with Crippen LogP contribution in [-0.2, 0) is 9.53 Å². The zero-order valence-corrected chi connectivity index (χ0v) is 12.5. The fourth-order valence-corrected chi connectivity index (χ4v) is 1.93. The summed E-state index contributed by atoms with van der Waals surface area (Å²) in [7, 11) is 0. The van der Waals surface area contributed by atoms with Crippen molar-refractivity contribution >= 4 is 18.3 Å². The average Bonchev–Trinajstić information content (AvgIpc) is 2.28. The summed E-state index contributed by atoms with van der Waals surface area (Å²) in [5.41, 5.74) is 5.82. The Labute approximate surface area is 117 Å². The van der Waals surface area contributed by atoms with E-state index in [9.17, 15) is 4.79 Å². The van der Waals surface area contributed by atoms with Gasteiger partial charge in [0, 0.05) is 25.7 Å². The van der Waals surface area contributed by atoms with Crippen molar-refractivity contribution in [3.05, 3.63) is 0 Å². The van der Waals surface area contributed by atoms with Crippen molar-refractivity contribution in [2.45, 2.75) is 52.2 Å². The molecule has 1 saturated heterocycles. The van der Waals surface area contributed by atoms with Crippen LogP contribution in [0, 0.1) is 5.92 Å². The van der Waals surface area contributed by atoms with Crippen molar-refractivity contribution in [2.75, 3.05) is 19.7 Å². The zero-order valence-electron chi connectivity index (χ0n) is 11.7. The molecule has 18 heavy (non-hydrogen) atoms. The molecule has 1 amide bonds. The van der Waals surface area contributed by atoms with Gasteiger partial charge in [0.15, 0.2) is 0 Å². The van der Waals surface area contributed by atoms with Crippen molar-refractivity contribution < 1.29 is 9.53 Å². The lowest BCUT2D eigenvalue weighted by Crippen LogP contribution is -2.46. The molecule has 5 heteroatoms. The number of likely N-dealkylation sites (tertiary alicyclic amines) is 1. The van der Waals surface area contributed by atoms with Gasteiger partial charge in [-0.25, -0.2) is 0 Å².